The van der Waals surface area contributed by atoms with E-state index in [1.165, 1.54) is 0 Å². The van der Waals surface area contributed by atoms with Crippen LogP contribution in [-0.4, -0.2) is 50.7 Å². The summed E-state index contributed by atoms with van der Waals surface area (Å²) < 4.78 is 2.06. The van der Waals surface area contributed by atoms with Crippen LogP contribution >= 0.6 is 0 Å². The van der Waals surface area contributed by atoms with E-state index in [-0.39, 0.29) is 18.0 Å². The van der Waals surface area contributed by atoms with Gasteiger partial charge in [0.1, 0.15) is 0 Å². The molecule has 0 aromatic carbocycles. The number of likely N-dealkylation sites (tertiary alicyclic amines) is 1. The lowest BCUT2D eigenvalue weighted by atomic mass is 10.0. The van der Waals surface area contributed by atoms with Gasteiger partial charge in [0.25, 0.3) is 11.5 Å². The molecule has 8 heteroatoms. The molecule has 1 aliphatic heterocycles. The maximum absolute atomic E-state index is 13.4. The standard InChI is InChI=1S/C25H32N6O2/c1-14-11-15(2)27-25(33)20(14)13-26-24(32)19-12-21(17-5-6-17)28-23-22(19)16(3)29-31(23)18-7-9-30(4)10-8-18/h11-12,17-18H,5-10,13H2,1-4H3,(H,26,32)(H,27,33). The Hall–Kier alpha value is -3.00. The number of nitrogens with one attached hydrogen (secondary N) is 2. The van der Waals surface area contributed by atoms with Gasteiger partial charge < -0.3 is 15.2 Å². The smallest absolute Gasteiger partial charge is 0.253 e. The van der Waals surface area contributed by atoms with Crippen molar-refractivity contribution in [2.75, 3.05) is 20.1 Å². The molecule has 0 bridgehead atoms. The highest BCUT2D eigenvalue weighted by molar-refractivity contribution is 6.06. The van der Waals surface area contributed by atoms with Crippen LogP contribution in [-0.2, 0) is 6.54 Å². The van der Waals surface area contributed by atoms with E-state index in [2.05, 4.69) is 26.9 Å². The molecule has 0 unspecified atom stereocenters. The molecule has 3 aromatic heterocycles. The van der Waals surface area contributed by atoms with Crippen molar-refractivity contribution in [3.63, 3.8) is 0 Å². The van der Waals surface area contributed by atoms with Gasteiger partial charge in [-0.3, -0.25) is 9.59 Å². The number of pyridine rings is 2. The van der Waals surface area contributed by atoms with Crippen molar-refractivity contribution in [1.82, 2.24) is 30.0 Å². The number of aryl methyl sites for hydroxylation is 3. The molecule has 2 aliphatic rings. The minimum Gasteiger partial charge on any atom is -0.348 e. The largest absolute Gasteiger partial charge is 0.348 e. The third-order valence-electron chi connectivity index (χ3n) is 7.05. The molecule has 1 amide bonds. The first-order chi connectivity index (χ1) is 15.8. The number of carbonyl (C=O) groups is 1. The Labute approximate surface area is 193 Å². The first-order valence-electron chi connectivity index (χ1n) is 11.9. The molecule has 8 nitrogen and oxygen atoms in total. The Bertz CT molecular complexity index is 1280. The van der Waals surface area contributed by atoms with Gasteiger partial charge in [-0.05, 0) is 84.3 Å². The monoisotopic (exact) mass is 448 g/mol. The molecule has 0 radical (unpaired) electrons. The van der Waals surface area contributed by atoms with E-state index < -0.39 is 0 Å². The van der Waals surface area contributed by atoms with Crippen LogP contribution in [0.4, 0.5) is 0 Å². The van der Waals surface area contributed by atoms with E-state index in [1.54, 1.807) is 0 Å². The lowest BCUT2D eigenvalue weighted by molar-refractivity contribution is 0.0952. The van der Waals surface area contributed by atoms with Crippen molar-refractivity contribution >= 4 is 16.9 Å². The van der Waals surface area contributed by atoms with Gasteiger partial charge in [-0.1, -0.05) is 0 Å². The molecule has 1 saturated heterocycles. The lowest BCUT2D eigenvalue weighted by Gasteiger charge is -2.29. The molecular formula is C25H32N6O2. The van der Waals surface area contributed by atoms with E-state index in [0.29, 0.717) is 23.1 Å². The number of rotatable bonds is 5. The number of aromatic amines is 1. The minimum absolute atomic E-state index is 0.155. The van der Waals surface area contributed by atoms with Crippen LogP contribution in [0.1, 0.15) is 76.2 Å². The zero-order chi connectivity index (χ0) is 23.3. The minimum atomic E-state index is -0.185. The normalized spacial score (nSPS) is 17.6. The van der Waals surface area contributed by atoms with Gasteiger partial charge in [-0.15, -0.1) is 0 Å². The summed E-state index contributed by atoms with van der Waals surface area (Å²) >= 11 is 0. The lowest BCUT2D eigenvalue weighted by Crippen LogP contribution is -2.32. The number of nitrogens with zero attached hydrogens (tertiary/aromatic N) is 4. The van der Waals surface area contributed by atoms with E-state index in [9.17, 15) is 9.59 Å². The number of carbonyl (C=O) groups excluding carboxylic acids is 1. The molecule has 5 rings (SSSR count). The van der Waals surface area contributed by atoms with Gasteiger partial charge in [0, 0.05) is 29.4 Å². The molecule has 3 aromatic rings. The summed E-state index contributed by atoms with van der Waals surface area (Å²) in [5.74, 6) is 0.235. The molecule has 2 N–H and O–H groups in total. The molecule has 1 aliphatic carbocycles. The highest BCUT2D eigenvalue weighted by atomic mass is 16.1. The summed E-state index contributed by atoms with van der Waals surface area (Å²) in [4.78, 5) is 36.0. The molecule has 2 fully saturated rings. The second-order valence-corrected chi connectivity index (χ2v) is 9.76. The zero-order valence-corrected chi connectivity index (χ0v) is 19.9. The van der Waals surface area contributed by atoms with E-state index >= 15 is 0 Å². The number of fused-ring (bicyclic) bond motifs is 1. The highest BCUT2D eigenvalue weighted by Gasteiger charge is 2.30. The van der Waals surface area contributed by atoms with Gasteiger partial charge >= 0.3 is 0 Å². The van der Waals surface area contributed by atoms with Crippen LogP contribution < -0.4 is 10.9 Å². The average molecular weight is 449 g/mol. The third kappa shape index (κ3) is 4.19. The third-order valence-corrected chi connectivity index (χ3v) is 7.05. The van der Waals surface area contributed by atoms with Crippen molar-refractivity contribution in [1.29, 1.82) is 0 Å². The first-order valence-corrected chi connectivity index (χ1v) is 11.9. The van der Waals surface area contributed by atoms with E-state index in [1.807, 2.05) is 32.9 Å². The number of hydrogen-bond donors (Lipinski definition) is 2. The van der Waals surface area contributed by atoms with Crippen LogP contribution in [0.3, 0.4) is 0 Å². The zero-order valence-electron chi connectivity index (χ0n) is 19.9. The predicted octanol–water partition coefficient (Wildman–Crippen LogP) is 3.12. The number of H-pyrrole nitrogens is 1. The summed E-state index contributed by atoms with van der Waals surface area (Å²) in [7, 11) is 2.15. The predicted molar refractivity (Wildman–Crippen MR) is 128 cm³/mol. The second-order valence-electron chi connectivity index (χ2n) is 9.76. The van der Waals surface area contributed by atoms with Crippen molar-refractivity contribution in [3.05, 3.63) is 56.3 Å². The maximum atomic E-state index is 13.4. The summed E-state index contributed by atoms with van der Waals surface area (Å²) in [5.41, 5.74) is 5.36. The number of aromatic nitrogens is 4. The molecule has 1 saturated carbocycles. The maximum Gasteiger partial charge on any atom is 0.253 e. The summed E-state index contributed by atoms with van der Waals surface area (Å²) in [6.45, 7) is 7.96. The molecule has 174 valence electrons. The Morgan fingerprint density at radius 3 is 2.55 bits per heavy atom. The van der Waals surface area contributed by atoms with Gasteiger partial charge in [0.15, 0.2) is 5.65 Å². The fourth-order valence-corrected chi connectivity index (χ4v) is 4.96. The van der Waals surface area contributed by atoms with E-state index in [4.69, 9.17) is 10.1 Å². The SMILES string of the molecule is Cc1cc(C)c(CNC(=O)c2cc(C3CC3)nc3c2c(C)nn3C2CCN(C)CC2)c(=O)[nH]1. The Morgan fingerprint density at radius 2 is 1.88 bits per heavy atom. The molecular weight excluding hydrogens is 416 g/mol. The van der Waals surface area contributed by atoms with Crippen molar-refractivity contribution < 1.29 is 4.79 Å². The number of piperidine rings is 1. The van der Waals surface area contributed by atoms with Crippen LogP contribution in [0.5, 0.6) is 0 Å². The average Bonchev–Trinajstić information content (AvgIpc) is 3.57. The van der Waals surface area contributed by atoms with Crippen molar-refractivity contribution in [2.24, 2.45) is 0 Å². The Kier molecular flexibility index (Phi) is 5.56. The quantitative estimate of drug-likeness (QED) is 0.625. The van der Waals surface area contributed by atoms with Gasteiger partial charge in [0.2, 0.25) is 0 Å². The Morgan fingerprint density at radius 1 is 1.15 bits per heavy atom. The summed E-state index contributed by atoms with van der Waals surface area (Å²) in [6, 6.07) is 4.16. The molecule has 0 atom stereocenters. The number of amides is 1. The van der Waals surface area contributed by atoms with E-state index in [0.717, 1.165) is 72.5 Å². The Balaban J connectivity index is 1.51. The van der Waals surface area contributed by atoms with Crippen LogP contribution in [0.15, 0.2) is 16.9 Å². The van der Waals surface area contributed by atoms with Gasteiger partial charge in [0.05, 0.1) is 22.7 Å². The fourth-order valence-electron chi connectivity index (χ4n) is 4.96. The topological polar surface area (TPSA) is 95.9 Å². The second kappa shape index (κ2) is 8.41. The highest BCUT2D eigenvalue weighted by Crippen LogP contribution is 2.41. The number of hydrogen-bond acceptors (Lipinski definition) is 5. The molecule has 4 heterocycles. The van der Waals surface area contributed by atoms with Crippen molar-refractivity contribution in [3.8, 4) is 0 Å². The molecule has 0 spiro atoms. The first kappa shape index (κ1) is 21.8. The van der Waals surface area contributed by atoms with Crippen LogP contribution in [0.2, 0.25) is 0 Å². The summed E-state index contributed by atoms with van der Waals surface area (Å²) in [5, 5.41) is 8.67. The fraction of sp³-hybridized carbons (Fsp3) is 0.520. The van der Waals surface area contributed by atoms with Crippen LogP contribution in [0.25, 0.3) is 11.0 Å². The summed E-state index contributed by atoms with van der Waals surface area (Å²) in [6.07, 6.45) is 4.27. The van der Waals surface area contributed by atoms with Gasteiger partial charge in [-0.25, -0.2) is 9.67 Å². The molecule has 33 heavy (non-hydrogen) atoms. The van der Waals surface area contributed by atoms with Gasteiger partial charge in [-0.2, -0.15) is 5.10 Å². The van der Waals surface area contributed by atoms with Crippen molar-refractivity contribution in [2.45, 2.75) is 65.0 Å². The van der Waals surface area contributed by atoms with Crippen LogP contribution in [0, 0.1) is 20.8 Å².